The maximum atomic E-state index is 13.6. The van der Waals surface area contributed by atoms with Gasteiger partial charge in [0.2, 0.25) is 5.91 Å². The van der Waals surface area contributed by atoms with Gasteiger partial charge in [0.25, 0.3) is 11.1 Å². The first-order chi connectivity index (χ1) is 12.3. The maximum absolute atomic E-state index is 13.6. The van der Waals surface area contributed by atoms with Gasteiger partial charge in [-0.2, -0.15) is 0 Å². The van der Waals surface area contributed by atoms with Crippen LogP contribution in [-0.2, 0) is 4.79 Å². The summed E-state index contributed by atoms with van der Waals surface area (Å²) in [6.45, 7) is 7.18. The minimum absolute atomic E-state index is 0.275. The van der Waals surface area contributed by atoms with Crippen LogP contribution >= 0.6 is 23.1 Å². The fraction of sp³-hybridized carbons (Fsp3) is 0.294. The summed E-state index contributed by atoms with van der Waals surface area (Å²) < 4.78 is 19.2. The van der Waals surface area contributed by atoms with Crippen molar-refractivity contribution in [3.05, 3.63) is 40.3 Å². The van der Waals surface area contributed by atoms with E-state index in [9.17, 15) is 9.18 Å². The molecule has 3 rings (SSSR count). The summed E-state index contributed by atoms with van der Waals surface area (Å²) in [7, 11) is 0. The van der Waals surface area contributed by atoms with Crippen LogP contribution in [0.5, 0.6) is 0 Å². The van der Waals surface area contributed by atoms with E-state index in [1.54, 1.807) is 26.0 Å². The van der Waals surface area contributed by atoms with Crippen LogP contribution in [0.25, 0.3) is 10.8 Å². The molecule has 9 heteroatoms. The molecule has 1 N–H and O–H groups in total. The zero-order valence-corrected chi connectivity index (χ0v) is 16.3. The van der Waals surface area contributed by atoms with Gasteiger partial charge in [0.15, 0.2) is 0 Å². The van der Waals surface area contributed by atoms with Crippen LogP contribution < -0.4 is 5.32 Å². The second-order valence-electron chi connectivity index (χ2n) is 5.73. The summed E-state index contributed by atoms with van der Waals surface area (Å²) in [5.41, 5.74) is 1.77. The number of amides is 1. The standard InChI is InChI=1S/C17H17FN4O2S2/c1-8-5-6-12(7-13(8)18)20-15(23)10(3)25-17-22-21-16(24-17)14-9(2)19-11(4)26-14/h5-7,10H,1-4H3,(H,20,23). The highest BCUT2D eigenvalue weighted by atomic mass is 32.2. The number of benzene rings is 1. The van der Waals surface area contributed by atoms with Crippen LogP contribution in [0.15, 0.2) is 27.8 Å². The summed E-state index contributed by atoms with van der Waals surface area (Å²) >= 11 is 2.62. The molecule has 0 saturated heterocycles. The third kappa shape index (κ3) is 4.10. The van der Waals surface area contributed by atoms with Crippen molar-refractivity contribution in [2.75, 3.05) is 5.32 Å². The lowest BCUT2D eigenvalue weighted by atomic mass is 10.2. The van der Waals surface area contributed by atoms with Crippen molar-refractivity contribution in [3.8, 4) is 10.8 Å². The SMILES string of the molecule is Cc1nc(C)c(-c2nnc(SC(C)C(=O)Nc3ccc(C)c(F)c3)o2)s1. The number of halogens is 1. The molecular weight excluding hydrogens is 375 g/mol. The Balaban J connectivity index is 1.66. The molecule has 0 bridgehead atoms. The second-order valence-corrected chi connectivity index (χ2v) is 8.23. The van der Waals surface area contributed by atoms with E-state index in [-0.39, 0.29) is 11.7 Å². The number of hydrogen-bond donors (Lipinski definition) is 1. The van der Waals surface area contributed by atoms with Gasteiger partial charge >= 0.3 is 0 Å². The van der Waals surface area contributed by atoms with Crippen molar-refractivity contribution in [2.24, 2.45) is 0 Å². The van der Waals surface area contributed by atoms with Gasteiger partial charge in [-0.15, -0.1) is 21.5 Å². The van der Waals surface area contributed by atoms with Gasteiger partial charge in [-0.3, -0.25) is 4.79 Å². The summed E-state index contributed by atoms with van der Waals surface area (Å²) in [5, 5.41) is 11.4. The molecule has 2 heterocycles. The topological polar surface area (TPSA) is 80.9 Å². The number of carbonyl (C=O) groups is 1. The molecule has 1 unspecified atom stereocenters. The van der Waals surface area contributed by atoms with Crippen LogP contribution in [0.3, 0.4) is 0 Å². The van der Waals surface area contributed by atoms with Crippen LogP contribution in [0.2, 0.25) is 0 Å². The first-order valence-corrected chi connectivity index (χ1v) is 9.54. The van der Waals surface area contributed by atoms with Gasteiger partial charge in [0.1, 0.15) is 10.7 Å². The number of thioether (sulfide) groups is 1. The van der Waals surface area contributed by atoms with Crippen molar-refractivity contribution >= 4 is 34.7 Å². The van der Waals surface area contributed by atoms with Gasteiger partial charge < -0.3 is 9.73 Å². The molecule has 0 spiro atoms. The van der Waals surface area contributed by atoms with Crippen molar-refractivity contribution in [3.63, 3.8) is 0 Å². The molecule has 6 nitrogen and oxygen atoms in total. The van der Waals surface area contributed by atoms with Crippen molar-refractivity contribution in [1.29, 1.82) is 0 Å². The number of thiazole rings is 1. The quantitative estimate of drug-likeness (QED) is 0.649. The Morgan fingerprint density at radius 3 is 2.73 bits per heavy atom. The Labute approximate surface area is 158 Å². The minimum Gasteiger partial charge on any atom is -0.410 e. The van der Waals surface area contributed by atoms with Gasteiger partial charge in [-0.25, -0.2) is 9.37 Å². The van der Waals surface area contributed by atoms with Crippen molar-refractivity contribution in [2.45, 2.75) is 38.2 Å². The fourth-order valence-corrected chi connectivity index (χ4v) is 3.72. The van der Waals surface area contributed by atoms with E-state index in [1.807, 2.05) is 13.8 Å². The number of anilines is 1. The number of aromatic nitrogens is 3. The second kappa shape index (κ2) is 7.55. The molecule has 0 aliphatic rings. The third-order valence-corrected chi connectivity index (χ3v) is 5.59. The predicted octanol–water partition coefficient (Wildman–Crippen LogP) is 4.38. The molecule has 3 aromatic rings. The Morgan fingerprint density at radius 1 is 1.31 bits per heavy atom. The largest absolute Gasteiger partial charge is 0.410 e. The lowest BCUT2D eigenvalue weighted by molar-refractivity contribution is -0.115. The summed E-state index contributed by atoms with van der Waals surface area (Å²) in [4.78, 5) is 17.5. The Morgan fingerprint density at radius 2 is 2.08 bits per heavy atom. The zero-order valence-electron chi connectivity index (χ0n) is 14.7. The average molecular weight is 392 g/mol. The van der Waals surface area contributed by atoms with Gasteiger partial charge in [0, 0.05) is 5.69 Å². The molecule has 0 radical (unpaired) electrons. The average Bonchev–Trinajstić information content (AvgIpc) is 3.16. The number of nitrogens with one attached hydrogen (secondary N) is 1. The molecular formula is C17H17FN4O2S2. The van der Waals surface area contributed by atoms with Gasteiger partial charge in [-0.05, 0) is 45.4 Å². The molecule has 0 aliphatic carbocycles. The van der Waals surface area contributed by atoms with Crippen molar-refractivity contribution in [1.82, 2.24) is 15.2 Å². The first kappa shape index (κ1) is 18.5. The highest BCUT2D eigenvalue weighted by Crippen LogP contribution is 2.31. The molecule has 1 aromatic carbocycles. The Kier molecular flexibility index (Phi) is 5.38. The normalized spacial score (nSPS) is 12.2. The lowest BCUT2D eigenvalue weighted by Crippen LogP contribution is -2.22. The molecule has 0 saturated carbocycles. The van der Waals surface area contributed by atoms with E-state index in [0.29, 0.717) is 22.4 Å². The number of rotatable bonds is 5. The molecule has 1 atom stereocenters. The first-order valence-electron chi connectivity index (χ1n) is 7.85. The van der Waals surface area contributed by atoms with Crippen LogP contribution in [-0.4, -0.2) is 26.3 Å². The number of aryl methyl sites for hydroxylation is 3. The highest BCUT2D eigenvalue weighted by Gasteiger charge is 2.20. The van der Waals surface area contributed by atoms with E-state index < -0.39 is 5.25 Å². The van der Waals surface area contributed by atoms with Gasteiger partial charge in [-0.1, -0.05) is 17.8 Å². The molecule has 0 aliphatic heterocycles. The summed E-state index contributed by atoms with van der Waals surface area (Å²) in [5.74, 6) is -0.244. The molecule has 2 aromatic heterocycles. The van der Waals surface area contributed by atoms with Gasteiger partial charge in [0.05, 0.1) is 16.0 Å². The number of nitrogens with zero attached hydrogens (tertiary/aromatic N) is 3. The fourth-order valence-electron chi connectivity index (χ4n) is 2.20. The summed E-state index contributed by atoms with van der Waals surface area (Å²) in [6, 6.07) is 4.57. The maximum Gasteiger partial charge on any atom is 0.277 e. The summed E-state index contributed by atoms with van der Waals surface area (Å²) in [6.07, 6.45) is 0. The molecule has 1 amide bonds. The number of carbonyl (C=O) groups excluding carboxylic acids is 1. The zero-order chi connectivity index (χ0) is 18.8. The predicted molar refractivity (Wildman–Crippen MR) is 100.0 cm³/mol. The van der Waals surface area contributed by atoms with E-state index in [2.05, 4.69) is 20.5 Å². The van der Waals surface area contributed by atoms with Crippen LogP contribution in [0, 0.1) is 26.6 Å². The smallest absolute Gasteiger partial charge is 0.277 e. The van der Waals surface area contributed by atoms with E-state index >= 15 is 0 Å². The number of hydrogen-bond acceptors (Lipinski definition) is 7. The molecule has 136 valence electrons. The molecule has 0 fully saturated rings. The monoisotopic (exact) mass is 392 g/mol. The van der Waals surface area contributed by atoms with E-state index in [0.717, 1.165) is 27.3 Å². The molecule has 26 heavy (non-hydrogen) atoms. The van der Waals surface area contributed by atoms with E-state index in [1.165, 1.54) is 17.4 Å². The lowest BCUT2D eigenvalue weighted by Gasteiger charge is -2.10. The highest BCUT2D eigenvalue weighted by molar-refractivity contribution is 8.00. The Hall–Kier alpha value is -2.26. The third-order valence-electron chi connectivity index (χ3n) is 3.59. The minimum atomic E-state index is -0.489. The van der Waals surface area contributed by atoms with Crippen molar-refractivity contribution < 1.29 is 13.6 Å². The van der Waals surface area contributed by atoms with Crippen LogP contribution in [0.1, 0.15) is 23.2 Å². The van der Waals surface area contributed by atoms with Crippen LogP contribution in [0.4, 0.5) is 10.1 Å². The van der Waals surface area contributed by atoms with E-state index in [4.69, 9.17) is 4.42 Å². The Bertz CT molecular complexity index is 954.